The number of fused-ring (bicyclic) bond motifs is 9. The van der Waals surface area contributed by atoms with E-state index in [-0.39, 0.29) is 33.7 Å². The van der Waals surface area contributed by atoms with Crippen LogP contribution in [-0.2, 0) is 16.2 Å². The predicted molar refractivity (Wildman–Crippen MR) is 314 cm³/mol. The van der Waals surface area contributed by atoms with Gasteiger partial charge in [0.25, 0.3) is 12.0 Å². The van der Waals surface area contributed by atoms with Crippen LogP contribution in [0, 0.1) is 16.7 Å². The van der Waals surface area contributed by atoms with Crippen molar-refractivity contribution in [2.75, 3.05) is 16.8 Å². The van der Waals surface area contributed by atoms with E-state index in [9.17, 15) is 5.26 Å². The maximum Gasteiger partial charge on any atom is 0.292 e. The third-order valence-corrected chi connectivity index (χ3v) is 16.8. The van der Waals surface area contributed by atoms with Gasteiger partial charge in [-0.1, -0.05) is 168 Å². The first-order valence-electron chi connectivity index (χ1n) is 26.9. The highest BCUT2D eigenvalue weighted by Crippen LogP contribution is 2.59. The molecule has 0 fully saturated rings. The van der Waals surface area contributed by atoms with E-state index >= 15 is 0 Å². The number of para-hydroxylation sites is 2. The minimum Gasteiger partial charge on any atom is -0.456 e. The van der Waals surface area contributed by atoms with E-state index in [2.05, 4.69) is 274 Å². The Morgan fingerprint density at radius 3 is 1.80 bits per heavy atom. The molecule has 376 valence electrons. The lowest BCUT2D eigenvalue weighted by Gasteiger charge is -2.44. The van der Waals surface area contributed by atoms with Crippen molar-refractivity contribution in [3.63, 3.8) is 0 Å². The molecule has 6 nitrogen and oxygen atoms in total. The summed E-state index contributed by atoms with van der Waals surface area (Å²) in [5, 5.41) is 16.3. The van der Waals surface area contributed by atoms with Gasteiger partial charge in [-0.25, -0.2) is 4.58 Å². The molecule has 12 rings (SSSR count). The minimum atomic E-state index is -0.508. The Kier molecular flexibility index (Phi) is 10.6. The van der Waals surface area contributed by atoms with E-state index in [0.717, 1.165) is 67.0 Å². The summed E-state index contributed by atoms with van der Waals surface area (Å²) >= 11 is 0. The fraction of sp³-hybridized carbons (Fsp3) is 0.304. The lowest BCUT2D eigenvalue weighted by atomic mass is 9.72. The number of nitriles is 1. The standard InChI is InChI=1S/C69H70N5O/c1-65(2,3)43-27-30-55-50(36-43)51-37-44(66(4,5)6)28-31-56(51)73(55)58-40-59(74-57-32-29-45(67(7,8)9)38-52(57)54-39-46(68(10,11)12)33-34-69(54,74)13)53(35-42(58)41-70)64-71(14)63(72(64)47-21-16-15-17-22-47)49-24-20-26-61-62(49)48-23-18-19-25-60(48)75-61/h15-40,54,64H,1-14H3/q+1. The zero-order chi connectivity index (χ0) is 52.9. The first-order valence-corrected chi connectivity index (χ1v) is 26.9. The van der Waals surface area contributed by atoms with Gasteiger partial charge >= 0.3 is 0 Å². The molecule has 3 aliphatic rings. The van der Waals surface area contributed by atoms with Gasteiger partial charge in [0.1, 0.15) is 22.9 Å². The van der Waals surface area contributed by atoms with Crippen molar-refractivity contribution in [3.05, 3.63) is 202 Å². The molecule has 6 heteroatoms. The molecule has 3 atom stereocenters. The van der Waals surface area contributed by atoms with Gasteiger partial charge in [0.15, 0.2) is 0 Å². The first-order chi connectivity index (χ1) is 35.5. The number of rotatable bonds is 5. The van der Waals surface area contributed by atoms with Crippen molar-refractivity contribution in [2.45, 2.75) is 124 Å². The molecule has 3 unspecified atom stereocenters. The summed E-state index contributed by atoms with van der Waals surface area (Å²) in [5.74, 6) is 1.12. The molecule has 0 amide bonds. The maximum absolute atomic E-state index is 11.8. The number of nitrogens with zero attached hydrogens (tertiary/aromatic N) is 5. The van der Waals surface area contributed by atoms with E-state index in [0.29, 0.717) is 5.56 Å². The van der Waals surface area contributed by atoms with Crippen LogP contribution in [0.4, 0.5) is 17.1 Å². The Morgan fingerprint density at radius 1 is 0.573 bits per heavy atom. The third-order valence-electron chi connectivity index (χ3n) is 16.8. The number of allylic oxidation sites excluding steroid dienone is 2. The number of anilines is 3. The van der Waals surface area contributed by atoms with E-state index in [1.807, 2.05) is 6.07 Å². The number of furan rings is 1. The largest absolute Gasteiger partial charge is 0.456 e. The third kappa shape index (κ3) is 7.43. The summed E-state index contributed by atoms with van der Waals surface area (Å²) in [5.41, 5.74) is 16.6. The molecule has 7 aromatic carbocycles. The molecule has 1 aliphatic carbocycles. The van der Waals surface area contributed by atoms with Crippen LogP contribution in [0.1, 0.15) is 141 Å². The van der Waals surface area contributed by atoms with E-state index < -0.39 is 5.54 Å². The molecular formula is C69H70N5O+. The van der Waals surface area contributed by atoms with Crippen molar-refractivity contribution in [1.82, 2.24) is 4.57 Å². The molecule has 0 spiro atoms. The Hall–Kier alpha value is -7.62. The second-order valence-electron chi connectivity index (χ2n) is 25.9. The molecule has 0 bridgehead atoms. The molecule has 4 heterocycles. The van der Waals surface area contributed by atoms with Gasteiger partial charge < -0.3 is 13.9 Å². The second-order valence-corrected chi connectivity index (χ2v) is 25.9. The number of hydrogen-bond acceptors (Lipinski definition) is 4. The van der Waals surface area contributed by atoms with Crippen molar-refractivity contribution in [1.29, 1.82) is 5.26 Å². The Bertz CT molecular complexity index is 3920. The van der Waals surface area contributed by atoms with Gasteiger partial charge in [-0.05, 0) is 129 Å². The summed E-state index contributed by atoms with van der Waals surface area (Å²) in [6.45, 7) is 30.1. The SMILES string of the molecule is C[N+]1=C(c2cccc3oc4ccccc4c23)N(c2ccccc2)C1c1cc(C#N)c(-n2c3ccc(C(C)(C)C)cc3c3cc(C(C)(C)C)ccc32)cc1N1c2ccc(C(C)(C)C)cc2C2C=C(C(C)(C)C)C=CC21C. The molecule has 2 aromatic heterocycles. The van der Waals surface area contributed by atoms with Crippen LogP contribution in [0.15, 0.2) is 168 Å². The number of aromatic nitrogens is 1. The predicted octanol–water partition coefficient (Wildman–Crippen LogP) is 17.6. The average molecular weight is 985 g/mol. The van der Waals surface area contributed by atoms with Crippen LogP contribution in [-0.4, -0.2) is 27.6 Å². The highest BCUT2D eigenvalue weighted by Gasteiger charge is 2.54. The highest BCUT2D eigenvalue weighted by molar-refractivity contribution is 6.22. The minimum absolute atomic E-state index is 0.0453. The van der Waals surface area contributed by atoms with E-state index in [1.54, 1.807) is 0 Å². The fourth-order valence-electron chi connectivity index (χ4n) is 12.5. The van der Waals surface area contributed by atoms with Crippen LogP contribution >= 0.6 is 0 Å². The second kappa shape index (κ2) is 16.4. The zero-order valence-electron chi connectivity index (χ0n) is 46.3. The Labute approximate surface area is 443 Å². The van der Waals surface area contributed by atoms with Crippen LogP contribution in [0.2, 0.25) is 0 Å². The molecular weight excluding hydrogens is 915 g/mol. The number of benzene rings is 7. The fourth-order valence-corrected chi connectivity index (χ4v) is 12.5. The summed E-state index contributed by atoms with van der Waals surface area (Å²) in [6.07, 6.45) is 7.10. The molecule has 0 radical (unpaired) electrons. The smallest absolute Gasteiger partial charge is 0.292 e. The van der Waals surface area contributed by atoms with Gasteiger partial charge in [0, 0.05) is 33.2 Å². The van der Waals surface area contributed by atoms with Crippen molar-refractivity contribution >= 4 is 66.6 Å². The molecule has 2 aliphatic heterocycles. The topological polar surface area (TPSA) is 51.4 Å². The normalized spacial score (nSPS) is 19.0. The summed E-state index contributed by atoms with van der Waals surface area (Å²) in [4.78, 5) is 5.11. The van der Waals surface area contributed by atoms with E-state index in [1.165, 1.54) is 44.3 Å². The number of amidine groups is 1. The van der Waals surface area contributed by atoms with Gasteiger partial charge in [0.2, 0.25) is 0 Å². The molecule has 0 saturated heterocycles. The van der Waals surface area contributed by atoms with E-state index in [4.69, 9.17) is 4.42 Å². The van der Waals surface area contributed by atoms with Crippen LogP contribution < -0.4 is 9.80 Å². The average Bonchev–Trinajstić information content (AvgIpc) is 3.99. The Balaban J connectivity index is 1.19. The summed E-state index contributed by atoms with van der Waals surface area (Å²) in [6, 6.07) is 54.1. The Morgan fingerprint density at radius 2 is 1.17 bits per heavy atom. The number of hydrogen-bond donors (Lipinski definition) is 0. The van der Waals surface area contributed by atoms with Gasteiger partial charge in [-0.15, -0.1) is 0 Å². The molecule has 0 N–H and O–H groups in total. The van der Waals surface area contributed by atoms with Crippen molar-refractivity contribution < 1.29 is 8.99 Å². The van der Waals surface area contributed by atoms with Crippen molar-refractivity contribution in [2.24, 2.45) is 5.41 Å². The summed E-state index contributed by atoms with van der Waals surface area (Å²) < 4.78 is 11.3. The van der Waals surface area contributed by atoms with Gasteiger partial charge in [-0.2, -0.15) is 10.2 Å². The van der Waals surface area contributed by atoms with Gasteiger partial charge in [-0.3, -0.25) is 0 Å². The van der Waals surface area contributed by atoms with Crippen molar-refractivity contribution in [3.8, 4) is 11.8 Å². The van der Waals surface area contributed by atoms with Crippen LogP contribution in [0.25, 0.3) is 49.4 Å². The summed E-state index contributed by atoms with van der Waals surface area (Å²) in [7, 11) is 2.22. The van der Waals surface area contributed by atoms with Gasteiger partial charge in [0.05, 0.1) is 51.7 Å². The maximum atomic E-state index is 11.8. The van der Waals surface area contributed by atoms with Crippen LogP contribution in [0.3, 0.4) is 0 Å². The van der Waals surface area contributed by atoms with Crippen LogP contribution in [0.5, 0.6) is 0 Å². The quantitative estimate of drug-likeness (QED) is 0.161. The lowest BCUT2D eigenvalue weighted by molar-refractivity contribution is -0.569. The first kappa shape index (κ1) is 48.3. The molecule has 0 saturated carbocycles. The monoisotopic (exact) mass is 985 g/mol. The molecule has 75 heavy (non-hydrogen) atoms. The molecule has 9 aromatic rings. The highest BCUT2D eigenvalue weighted by atomic mass is 16.3. The lowest BCUT2D eigenvalue weighted by Crippen LogP contribution is -2.55. The zero-order valence-corrected chi connectivity index (χ0v) is 46.3.